The molecule has 2 rings (SSSR count). The minimum Gasteiger partial charge on any atom is -0.309 e. The highest BCUT2D eigenvalue weighted by Crippen LogP contribution is 2.24. The van der Waals surface area contributed by atoms with Gasteiger partial charge in [-0.15, -0.1) is 0 Å². The van der Waals surface area contributed by atoms with Crippen molar-refractivity contribution in [1.29, 1.82) is 0 Å². The van der Waals surface area contributed by atoms with Crippen molar-refractivity contribution in [2.45, 2.75) is 45.8 Å². The van der Waals surface area contributed by atoms with Crippen LogP contribution in [0.25, 0.3) is 0 Å². The summed E-state index contributed by atoms with van der Waals surface area (Å²) in [5.74, 6) is 0. The topological polar surface area (TPSA) is 33.1 Å². The van der Waals surface area contributed by atoms with Crippen molar-refractivity contribution in [2.75, 3.05) is 13.1 Å². The molecule has 1 atom stereocenters. The molecule has 2 heterocycles. The summed E-state index contributed by atoms with van der Waals surface area (Å²) in [4.78, 5) is 2.47. The number of piperazine rings is 1. The first-order valence-electron chi connectivity index (χ1n) is 6.47. The molecule has 0 amide bonds. The average Bonchev–Trinajstić information content (AvgIpc) is 2.50. The molecular formula is C13H23ClN4. The van der Waals surface area contributed by atoms with E-state index in [0.717, 1.165) is 36.0 Å². The molecule has 1 saturated heterocycles. The maximum atomic E-state index is 6.33. The van der Waals surface area contributed by atoms with Gasteiger partial charge in [0.05, 0.1) is 16.4 Å². The Morgan fingerprint density at radius 3 is 2.72 bits per heavy atom. The van der Waals surface area contributed by atoms with Gasteiger partial charge in [-0.05, 0) is 27.7 Å². The van der Waals surface area contributed by atoms with Gasteiger partial charge in [-0.2, -0.15) is 5.10 Å². The molecule has 0 spiro atoms. The van der Waals surface area contributed by atoms with E-state index in [4.69, 9.17) is 11.6 Å². The molecule has 1 aromatic rings. The Bertz CT molecular complexity index is 438. The van der Waals surface area contributed by atoms with E-state index < -0.39 is 0 Å². The molecule has 1 N–H and O–H groups in total. The largest absolute Gasteiger partial charge is 0.309 e. The standard InChI is InChI=1S/C13H23ClN4/c1-9-6-15-13(3,4)8-18(9)7-11-12(14)10(2)16-17(11)5/h9,15H,6-8H2,1-5H3. The number of hydrogen-bond acceptors (Lipinski definition) is 3. The molecule has 0 aromatic carbocycles. The summed E-state index contributed by atoms with van der Waals surface area (Å²) < 4.78 is 1.90. The zero-order valence-electron chi connectivity index (χ0n) is 11.9. The smallest absolute Gasteiger partial charge is 0.0860 e. The van der Waals surface area contributed by atoms with Crippen molar-refractivity contribution < 1.29 is 0 Å². The van der Waals surface area contributed by atoms with Crippen LogP contribution in [0.2, 0.25) is 5.02 Å². The summed E-state index contributed by atoms with van der Waals surface area (Å²) in [5, 5.41) is 8.75. The fraction of sp³-hybridized carbons (Fsp3) is 0.769. The second kappa shape index (κ2) is 4.83. The van der Waals surface area contributed by atoms with E-state index in [1.165, 1.54) is 0 Å². The van der Waals surface area contributed by atoms with E-state index >= 15 is 0 Å². The van der Waals surface area contributed by atoms with Crippen molar-refractivity contribution >= 4 is 11.6 Å². The van der Waals surface area contributed by atoms with E-state index in [2.05, 4.69) is 36.1 Å². The Morgan fingerprint density at radius 2 is 2.17 bits per heavy atom. The highest BCUT2D eigenvalue weighted by molar-refractivity contribution is 6.31. The van der Waals surface area contributed by atoms with Gasteiger partial charge in [-0.1, -0.05) is 11.6 Å². The van der Waals surface area contributed by atoms with Gasteiger partial charge < -0.3 is 5.32 Å². The summed E-state index contributed by atoms with van der Waals surface area (Å²) in [7, 11) is 1.96. The van der Waals surface area contributed by atoms with E-state index in [-0.39, 0.29) is 5.54 Å². The molecule has 18 heavy (non-hydrogen) atoms. The third-order valence-corrected chi connectivity index (χ3v) is 4.20. The molecular weight excluding hydrogens is 248 g/mol. The van der Waals surface area contributed by atoms with Gasteiger partial charge >= 0.3 is 0 Å². The zero-order chi connectivity index (χ0) is 13.5. The van der Waals surface area contributed by atoms with E-state index in [9.17, 15) is 0 Å². The number of nitrogens with one attached hydrogen (secondary N) is 1. The highest BCUT2D eigenvalue weighted by atomic mass is 35.5. The van der Waals surface area contributed by atoms with Crippen molar-refractivity contribution in [2.24, 2.45) is 7.05 Å². The molecule has 102 valence electrons. The number of hydrogen-bond donors (Lipinski definition) is 1. The molecule has 0 aliphatic carbocycles. The van der Waals surface area contributed by atoms with Gasteiger partial charge in [0.2, 0.25) is 0 Å². The minimum atomic E-state index is 0.159. The molecule has 1 aliphatic rings. The molecule has 1 aliphatic heterocycles. The van der Waals surface area contributed by atoms with E-state index in [1.807, 2.05) is 18.7 Å². The predicted molar refractivity (Wildman–Crippen MR) is 74.9 cm³/mol. The van der Waals surface area contributed by atoms with Gasteiger partial charge in [0.25, 0.3) is 0 Å². The van der Waals surface area contributed by atoms with Crippen molar-refractivity contribution in [3.63, 3.8) is 0 Å². The lowest BCUT2D eigenvalue weighted by molar-refractivity contribution is 0.0953. The molecule has 0 bridgehead atoms. The maximum absolute atomic E-state index is 6.33. The van der Waals surface area contributed by atoms with Crippen LogP contribution in [0, 0.1) is 6.92 Å². The Labute approximate surface area is 114 Å². The zero-order valence-corrected chi connectivity index (χ0v) is 12.7. The predicted octanol–water partition coefficient (Wildman–Crippen LogP) is 1.95. The number of aryl methyl sites for hydroxylation is 2. The summed E-state index contributed by atoms with van der Waals surface area (Å²) in [5.41, 5.74) is 2.18. The van der Waals surface area contributed by atoms with Gasteiger partial charge in [0.1, 0.15) is 0 Å². The van der Waals surface area contributed by atoms with E-state index in [1.54, 1.807) is 0 Å². The van der Waals surface area contributed by atoms with Crippen molar-refractivity contribution in [3.8, 4) is 0 Å². The summed E-state index contributed by atoms with van der Waals surface area (Å²) in [6, 6.07) is 0.518. The lowest BCUT2D eigenvalue weighted by atomic mass is 9.99. The van der Waals surface area contributed by atoms with Crippen LogP contribution in [0.4, 0.5) is 0 Å². The first-order valence-corrected chi connectivity index (χ1v) is 6.85. The maximum Gasteiger partial charge on any atom is 0.0860 e. The summed E-state index contributed by atoms with van der Waals surface area (Å²) in [6.45, 7) is 11.6. The quantitative estimate of drug-likeness (QED) is 0.892. The fourth-order valence-corrected chi connectivity index (χ4v) is 2.75. The average molecular weight is 271 g/mol. The minimum absolute atomic E-state index is 0.159. The Morgan fingerprint density at radius 1 is 1.50 bits per heavy atom. The summed E-state index contributed by atoms with van der Waals surface area (Å²) in [6.07, 6.45) is 0. The van der Waals surface area contributed by atoms with Crippen LogP contribution in [0.15, 0.2) is 0 Å². The van der Waals surface area contributed by atoms with Crippen LogP contribution >= 0.6 is 11.6 Å². The van der Waals surface area contributed by atoms with Gasteiger partial charge in [-0.25, -0.2) is 0 Å². The van der Waals surface area contributed by atoms with Crippen molar-refractivity contribution in [3.05, 3.63) is 16.4 Å². The molecule has 0 saturated carbocycles. The molecule has 1 fully saturated rings. The van der Waals surface area contributed by atoms with Crippen LogP contribution in [0.3, 0.4) is 0 Å². The summed E-state index contributed by atoms with van der Waals surface area (Å²) >= 11 is 6.33. The molecule has 1 unspecified atom stereocenters. The Kier molecular flexibility index (Phi) is 3.72. The molecule has 1 aromatic heterocycles. The van der Waals surface area contributed by atoms with Crippen LogP contribution in [-0.4, -0.2) is 39.4 Å². The Balaban J connectivity index is 2.17. The number of aromatic nitrogens is 2. The molecule has 5 heteroatoms. The van der Waals surface area contributed by atoms with Crippen LogP contribution in [0.5, 0.6) is 0 Å². The fourth-order valence-electron chi connectivity index (χ4n) is 2.53. The SMILES string of the molecule is Cc1nn(C)c(CN2CC(C)(C)NCC2C)c1Cl. The number of halogens is 1. The van der Waals surface area contributed by atoms with E-state index in [0.29, 0.717) is 6.04 Å². The van der Waals surface area contributed by atoms with Gasteiger partial charge in [-0.3, -0.25) is 9.58 Å². The third kappa shape index (κ3) is 2.71. The Hall–Kier alpha value is -0.580. The number of rotatable bonds is 2. The second-order valence-corrected chi connectivity index (χ2v) is 6.37. The van der Waals surface area contributed by atoms with Crippen LogP contribution in [-0.2, 0) is 13.6 Å². The van der Waals surface area contributed by atoms with Gasteiger partial charge in [0, 0.05) is 38.3 Å². The van der Waals surface area contributed by atoms with Crippen LogP contribution < -0.4 is 5.32 Å². The highest BCUT2D eigenvalue weighted by Gasteiger charge is 2.31. The van der Waals surface area contributed by atoms with Crippen LogP contribution in [0.1, 0.15) is 32.2 Å². The second-order valence-electron chi connectivity index (χ2n) is 5.99. The first-order chi connectivity index (χ1) is 8.30. The number of nitrogens with zero attached hydrogens (tertiary/aromatic N) is 3. The van der Waals surface area contributed by atoms with Crippen molar-refractivity contribution in [1.82, 2.24) is 20.0 Å². The lowest BCUT2D eigenvalue weighted by Crippen LogP contribution is -2.60. The third-order valence-electron chi connectivity index (χ3n) is 3.71. The monoisotopic (exact) mass is 270 g/mol. The van der Waals surface area contributed by atoms with Gasteiger partial charge in [0.15, 0.2) is 0 Å². The molecule has 0 radical (unpaired) electrons. The lowest BCUT2D eigenvalue weighted by Gasteiger charge is -2.43. The normalized spacial score (nSPS) is 24.4. The molecule has 4 nitrogen and oxygen atoms in total. The first kappa shape index (κ1) is 13.8.